The van der Waals surface area contributed by atoms with E-state index < -0.39 is 0 Å². The van der Waals surface area contributed by atoms with Gasteiger partial charge in [-0.2, -0.15) is 0 Å². The first-order chi connectivity index (χ1) is 36.1. The van der Waals surface area contributed by atoms with Crippen LogP contribution in [0.2, 0.25) is 0 Å². The number of hydrogen-bond acceptors (Lipinski definition) is 7. The maximum absolute atomic E-state index is 11.8. The molecule has 1 heterocycles. The molecule has 0 saturated carbocycles. The molecule has 1 aliphatic rings. The Bertz CT molecular complexity index is 2400. The number of nitrogens with one attached hydrogen (secondary N) is 1. The van der Waals surface area contributed by atoms with Gasteiger partial charge in [-0.25, -0.2) is 0 Å². The van der Waals surface area contributed by atoms with Crippen LogP contribution in [-0.4, -0.2) is 36.2 Å². The van der Waals surface area contributed by atoms with Gasteiger partial charge in [0.2, 0.25) is 0 Å². The van der Waals surface area contributed by atoms with E-state index in [1.807, 2.05) is 85.7 Å². The summed E-state index contributed by atoms with van der Waals surface area (Å²) in [7, 11) is 0. The average Bonchev–Trinajstić information content (AvgIpc) is 3.38. The fourth-order valence-electron chi connectivity index (χ4n) is 8.65. The molecule has 3 aromatic rings. The van der Waals surface area contributed by atoms with Gasteiger partial charge in [-0.15, -0.1) is 13.2 Å². The molecular formula is C70H106N2O5. The lowest BCUT2D eigenvalue weighted by Crippen LogP contribution is -2.40. The van der Waals surface area contributed by atoms with Crippen LogP contribution in [0.25, 0.3) is 5.57 Å². The van der Waals surface area contributed by atoms with E-state index >= 15 is 0 Å². The molecule has 3 aromatic carbocycles. The molecule has 1 unspecified atom stereocenters. The van der Waals surface area contributed by atoms with Crippen molar-refractivity contribution in [3.8, 4) is 0 Å². The monoisotopic (exact) mass is 1050 g/mol. The molecule has 1 aliphatic heterocycles. The first kappa shape index (κ1) is 73.0. The zero-order valence-corrected chi connectivity index (χ0v) is 51.9. The van der Waals surface area contributed by atoms with Crippen molar-refractivity contribution >= 4 is 34.4 Å². The summed E-state index contributed by atoms with van der Waals surface area (Å²) in [5.74, 6) is 1.92. The van der Waals surface area contributed by atoms with Crippen LogP contribution < -0.4 is 10.2 Å². The third kappa shape index (κ3) is 27.7. The number of nitrogens with zero attached hydrogens (tertiary/aromatic N) is 1. The van der Waals surface area contributed by atoms with Crippen LogP contribution >= 0.6 is 0 Å². The quantitative estimate of drug-likeness (QED) is 0.0438. The highest BCUT2D eigenvalue weighted by molar-refractivity contribution is 5.99. The number of Topliss-reactive ketones (excluding diaryl/α,β-unsaturated/α-hetero) is 4. The summed E-state index contributed by atoms with van der Waals surface area (Å²) in [4.78, 5) is 46.9. The number of benzene rings is 3. The van der Waals surface area contributed by atoms with E-state index in [2.05, 4.69) is 134 Å². The van der Waals surface area contributed by atoms with Crippen LogP contribution in [0.5, 0.6) is 0 Å². The van der Waals surface area contributed by atoms with Crippen LogP contribution in [0.4, 0.5) is 5.69 Å². The molecule has 0 aliphatic carbocycles. The molecule has 1 fully saturated rings. The second-order valence-corrected chi connectivity index (χ2v) is 21.2. The van der Waals surface area contributed by atoms with Crippen LogP contribution in [0.3, 0.4) is 0 Å². The molecule has 426 valence electrons. The molecule has 0 aromatic heterocycles. The standard InChI is InChI=1S/C21H31NO.C21H29NO.C14H18O.C8H14O2.C4H8.C2H6/c1-6-10-21(7-2)11-13-22(14-12-21)18-8-9-19(17(5)23)20(15-18)16(3)4;1-7-13-16(4)23-18(6)20(8-2)17(5)22-21(9-3)19-14-11-10-12-15-19;1-6-14(4,5)13-9-10(2)7-8-12(13)11(3)15;1-6(8(3)10)4-5-7(2)9;1-4(2)3;1-2/h8-9,15H,3,6-7,10-14H2,1-2,4-5H3;8,10-12,14-15,21-22H,2,4,6-7,9,13H2,1,3,5H3;6-9H,1H2,2-5H3;6H,4-5H2,1-3H3;1H2,2-3H3;1-2H3/b;20-17-;;;;/t;21-;;;;/m.1..../s1. The van der Waals surface area contributed by atoms with Crippen LogP contribution in [0.1, 0.15) is 231 Å². The Morgan fingerprint density at radius 1 is 0.753 bits per heavy atom. The van der Waals surface area contributed by atoms with Gasteiger partial charge in [0.05, 0.1) is 11.8 Å². The molecule has 4 rings (SSSR count). The number of rotatable bonds is 23. The molecule has 77 heavy (non-hydrogen) atoms. The fourth-order valence-corrected chi connectivity index (χ4v) is 8.65. The molecule has 1 N–H and O–H groups in total. The first-order valence-corrected chi connectivity index (χ1v) is 28.2. The molecule has 0 spiro atoms. The first-order valence-electron chi connectivity index (χ1n) is 28.2. The number of piperidine rings is 1. The van der Waals surface area contributed by atoms with Crippen molar-refractivity contribution in [2.75, 3.05) is 18.0 Å². The van der Waals surface area contributed by atoms with E-state index in [0.717, 1.165) is 77.2 Å². The summed E-state index contributed by atoms with van der Waals surface area (Å²) < 4.78 is 5.73. The summed E-state index contributed by atoms with van der Waals surface area (Å²) in [5.41, 5.74) is 11.7. The third-order valence-corrected chi connectivity index (χ3v) is 13.6. The second-order valence-electron chi connectivity index (χ2n) is 21.2. The summed E-state index contributed by atoms with van der Waals surface area (Å²) in [6.07, 6.45) is 14.2. The number of allylic oxidation sites excluding steroid dienone is 6. The zero-order chi connectivity index (χ0) is 59.6. The van der Waals surface area contributed by atoms with Crippen molar-refractivity contribution in [2.45, 2.75) is 200 Å². The zero-order valence-electron chi connectivity index (χ0n) is 51.9. The number of anilines is 1. The van der Waals surface area contributed by atoms with Gasteiger partial charge in [0.15, 0.2) is 11.6 Å². The fraction of sp³-hybridized carbons (Fsp3) is 0.486. The van der Waals surface area contributed by atoms with Crippen molar-refractivity contribution in [3.63, 3.8) is 0 Å². The van der Waals surface area contributed by atoms with E-state index in [9.17, 15) is 19.2 Å². The number of ketones is 4. The number of hydrogen-bond donors (Lipinski definition) is 1. The minimum absolute atomic E-state index is 0.0453. The maximum atomic E-state index is 11.8. The van der Waals surface area contributed by atoms with E-state index in [0.29, 0.717) is 24.0 Å². The maximum Gasteiger partial charge on any atom is 0.160 e. The van der Waals surface area contributed by atoms with Gasteiger partial charge in [-0.3, -0.25) is 14.4 Å². The molecule has 0 amide bonds. The van der Waals surface area contributed by atoms with E-state index in [-0.39, 0.29) is 40.5 Å². The topological polar surface area (TPSA) is 92.8 Å². The molecule has 0 bridgehead atoms. The highest BCUT2D eigenvalue weighted by Crippen LogP contribution is 2.41. The summed E-state index contributed by atoms with van der Waals surface area (Å²) in [6, 6.07) is 22.8. The number of carbonyl (C=O) groups excluding carboxylic acids is 4. The minimum Gasteiger partial charge on any atom is -0.462 e. The van der Waals surface area contributed by atoms with Gasteiger partial charge < -0.3 is 19.7 Å². The third-order valence-electron chi connectivity index (χ3n) is 13.6. The van der Waals surface area contributed by atoms with Crippen molar-refractivity contribution < 1.29 is 23.9 Å². The molecule has 1 saturated heterocycles. The lowest BCUT2D eigenvalue weighted by atomic mass is 9.73. The van der Waals surface area contributed by atoms with Gasteiger partial charge in [-0.05, 0) is 141 Å². The van der Waals surface area contributed by atoms with Gasteiger partial charge in [-0.1, -0.05) is 179 Å². The van der Waals surface area contributed by atoms with E-state index in [1.54, 1.807) is 33.8 Å². The molecule has 7 heteroatoms. The Morgan fingerprint density at radius 3 is 1.73 bits per heavy atom. The van der Waals surface area contributed by atoms with Gasteiger partial charge in [0.1, 0.15) is 17.3 Å². The predicted molar refractivity (Wildman–Crippen MR) is 336 cm³/mol. The van der Waals surface area contributed by atoms with Crippen LogP contribution in [-0.2, 0) is 19.7 Å². The highest BCUT2D eigenvalue weighted by atomic mass is 16.5. The second kappa shape index (κ2) is 38.5. The Kier molecular flexibility index (Phi) is 36.5. The van der Waals surface area contributed by atoms with Crippen molar-refractivity contribution in [2.24, 2.45) is 11.3 Å². The summed E-state index contributed by atoms with van der Waals surface area (Å²) in [5, 5.41) is 3.56. The van der Waals surface area contributed by atoms with Gasteiger partial charge in [0, 0.05) is 65.3 Å². The minimum atomic E-state index is -0.160. The van der Waals surface area contributed by atoms with Crippen molar-refractivity contribution in [3.05, 3.63) is 180 Å². The Hall–Kier alpha value is -6.08. The smallest absolute Gasteiger partial charge is 0.160 e. The highest BCUT2D eigenvalue weighted by Gasteiger charge is 2.32. The largest absolute Gasteiger partial charge is 0.462 e. The Morgan fingerprint density at radius 2 is 1.30 bits per heavy atom. The van der Waals surface area contributed by atoms with Crippen LogP contribution in [0.15, 0.2) is 147 Å². The Labute approximate surface area is 471 Å². The van der Waals surface area contributed by atoms with E-state index in [1.165, 1.54) is 54.5 Å². The number of carbonyl (C=O) groups is 4. The lowest BCUT2D eigenvalue weighted by molar-refractivity contribution is -0.121. The van der Waals surface area contributed by atoms with Gasteiger partial charge in [0.25, 0.3) is 0 Å². The number of aryl methyl sites for hydroxylation is 1. The average molecular weight is 1060 g/mol. The SMILES string of the molecule is C=C(C)C.C=C(C)c1cc(N2CCC(CC)(CCC)CC2)ccc1C(C)=O.C=C/C(C(=C)OC(=C)CCC)=C(\C)N[C@H](CC)c1ccccc1.C=CC(C)(C)c1cc(C)ccc1C(C)=O.CC.CC(=O)CCC(C)C(C)=O. The number of ether oxygens (including phenoxy) is 1. The lowest BCUT2D eigenvalue weighted by Gasteiger charge is -2.42. The van der Waals surface area contributed by atoms with Crippen molar-refractivity contribution in [1.82, 2.24) is 5.32 Å². The molecule has 2 atom stereocenters. The summed E-state index contributed by atoms with van der Waals surface area (Å²) in [6.45, 7) is 60.7. The molecule has 0 radical (unpaired) electrons. The van der Waals surface area contributed by atoms with Crippen molar-refractivity contribution in [1.29, 1.82) is 0 Å². The summed E-state index contributed by atoms with van der Waals surface area (Å²) >= 11 is 0. The Balaban J connectivity index is 0. The van der Waals surface area contributed by atoms with Gasteiger partial charge >= 0.3 is 0 Å². The molecular weight excluding hydrogens is 949 g/mol. The predicted octanol–water partition coefficient (Wildman–Crippen LogP) is 19.6. The van der Waals surface area contributed by atoms with E-state index in [4.69, 9.17) is 4.74 Å². The van der Waals surface area contributed by atoms with Crippen LogP contribution in [0, 0.1) is 18.3 Å². The molecule has 7 nitrogen and oxygen atoms in total. The normalized spacial score (nSPS) is 13.2.